The van der Waals surface area contributed by atoms with Crippen molar-refractivity contribution in [1.82, 2.24) is 9.97 Å². The van der Waals surface area contributed by atoms with Crippen LogP contribution in [0.2, 0.25) is 13.1 Å². The molecule has 1 aromatic heterocycles. The number of hydrogen-bond acceptors (Lipinski definition) is 2. The van der Waals surface area contributed by atoms with Crippen LogP contribution in [0.3, 0.4) is 0 Å². The van der Waals surface area contributed by atoms with Crippen molar-refractivity contribution in [3.05, 3.63) is 97.1 Å². The predicted octanol–water partition coefficient (Wildman–Crippen LogP) is 5.77. The Labute approximate surface area is 183 Å². The minimum atomic E-state index is -1.90. The van der Waals surface area contributed by atoms with Crippen LogP contribution in [-0.2, 0) is 0 Å². The van der Waals surface area contributed by atoms with Gasteiger partial charge in [0.15, 0.2) is 5.82 Å². The lowest BCUT2D eigenvalue weighted by molar-refractivity contribution is 1.20. The van der Waals surface area contributed by atoms with Gasteiger partial charge in [0.25, 0.3) is 0 Å². The fraction of sp³-hybridized carbons (Fsp3) is 0.0714. The molecule has 4 aromatic carbocycles. The molecule has 0 saturated carbocycles. The lowest BCUT2D eigenvalue weighted by Crippen LogP contribution is -2.50. The Morgan fingerprint density at radius 1 is 0.581 bits per heavy atom. The minimum Gasteiger partial charge on any atom is -0.228 e. The normalized spacial score (nSPS) is 13.7. The quantitative estimate of drug-likeness (QED) is 0.343. The van der Waals surface area contributed by atoms with Gasteiger partial charge in [0.2, 0.25) is 0 Å². The average Bonchev–Trinajstić information content (AvgIpc) is 3.06. The summed E-state index contributed by atoms with van der Waals surface area (Å²) in [6, 6.07) is 34.3. The van der Waals surface area contributed by atoms with Gasteiger partial charge in [-0.2, -0.15) is 0 Å². The Morgan fingerprint density at radius 3 is 2.10 bits per heavy atom. The lowest BCUT2D eigenvalue weighted by atomic mass is 10.0. The van der Waals surface area contributed by atoms with Crippen molar-refractivity contribution >= 4 is 29.2 Å². The maximum absolute atomic E-state index is 5.19. The molecule has 0 amide bonds. The zero-order valence-electron chi connectivity index (χ0n) is 17.6. The second-order valence-corrected chi connectivity index (χ2v) is 13.0. The first kappa shape index (κ1) is 18.2. The van der Waals surface area contributed by atoms with Crippen LogP contribution in [0.15, 0.2) is 97.1 Å². The smallest absolute Gasteiger partial charge is 0.160 e. The fourth-order valence-electron chi connectivity index (χ4n) is 4.88. The van der Waals surface area contributed by atoms with E-state index in [1.165, 1.54) is 26.7 Å². The molecule has 148 valence electrons. The summed E-state index contributed by atoms with van der Waals surface area (Å²) in [7, 11) is -1.90. The first-order valence-electron chi connectivity index (χ1n) is 10.7. The number of nitrogens with zero attached hydrogens (tertiary/aromatic N) is 2. The summed E-state index contributed by atoms with van der Waals surface area (Å²) in [5.74, 6) is 0.796. The summed E-state index contributed by atoms with van der Waals surface area (Å²) in [6.07, 6.45) is 0. The zero-order valence-corrected chi connectivity index (χ0v) is 18.6. The van der Waals surface area contributed by atoms with E-state index in [9.17, 15) is 0 Å². The van der Waals surface area contributed by atoms with E-state index in [0.29, 0.717) is 0 Å². The maximum atomic E-state index is 5.19. The summed E-state index contributed by atoms with van der Waals surface area (Å²) < 4.78 is 0. The summed E-state index contributed by atoms with van der Waals surface area (Å²) in [4.78, 5) is 10.4. The van der Waals surface area contributed by atoms with Gasteiger partial charge in [0.05, 0.1) is 11.4 Å². The Hall–Kier alpha value is -3.56. The summed E-state index contributed by atoms with van der Waals surface area (Å²) in [5.41, 5.74) is 5.70. The van der Waals surface area contributed by atoms with Crippen molar-refractivity contribution in [1.29, 1.82) is 0 Å². The second kappa shape index (κ2) is 6.72. The molecule has 31 heavy (non-hydrogen) atoms. The Balaban J connectivity index is 1.67. The second-order valence-electron chi connectivity index (χ2n) is 8.72. The summed E-state index contributed by atoms with van der Waals surface area (Å²) in [6.45, 7) is 4.84. The van der Waals surface area contributed by atoms with E-state index in [1.54, 1.807) is 0 Å². The van der Waals surface area contributed by atoms with Crippen molar-refractivity contribution in [3.8, 4) is 33.9 Å². The molecule has 0 bridgehead atoms. The van der Waals surface area contributed by atoms with E-state index < -0.39 is 8.07 Å². The van der Waals surface area contributed by atoms with Gasteiger partial charge in [-0.3, -0.25) is 0 Å². The predicted molar refractivity (Wildman–Crippen MR) is 133 cm³/mol. The Morgan fingerprint density at radius 2 is 1.26 bits per heavy atom. The molecule has 6 rings (SSSR count). The van der Waals surface area contributed by atoms with Crippen LogP contribution >= 0.6 is 0 Å². The standard InChI is InChI=1S/C28H22N2Si/c1-31(2)24-15-9-8-14-23(24)26-27(31)25(20-11-4-3-5-12-20)29-28(30-26)22-17-16-19-10-6-7-13-21(19)18-22/h3-18H,1-2H3. The molecule has 0 saturated heterocycles. The molecule has 2 nitrogen and oxygen atoms in total. The van der Waals surface area contributed by atoms with Crippen molar-refractivity contribution in [3.63, 3.8) is 0 Å². The van der Waals surface area contributed by atoms with E-state index >= 15 is 0 Å². The van der Waals surface area contributed by atoms with Gasteiger partial charge in [-0.15, -0.1) is 0 Å². The molecule has 0 aliphatic carbocycles. The van der Waals surface area contributed by atoms with E-state index in [2.05, 4.69) is 110 Å². The molecule has 2 heterocycles. The van der Waals surface area contributed by atoms with Crippen LogP contribution in [0.4, 0.5) is 0 Å². The number of rotatable bonds is 2. The van der Waals surface area contributed by atoms with Crippen molar-refractivity contribution in [2.45, 2.75) is 13.1 Å². The molecule has 0 atom stereocenters. The SMILES string of the molecule is C[Si]1(C)c2ccccc2-c2nc(-c3ccc4ccccc4c3)nc(-c3ccccc3)c21. The van der Waals surface area contributed by atoms with E-state index in [0.717, 1.165) is 28.3 Å². The van der Waals surface area contributed by atoms with Gasteiger partial charge < -0.3 is 0 Å². The van der Waals surface area contributed by atoms with Crippen LogP contribution in [0, 0.1) is 0 Å². The van der Waals surface area contributed by atoms with Gasteiger partial charge >= 0.3 is 0 Å². The number of hydrogen-bond donors (Lipinski definition) is 0. The van der Waals surface area contributed by atoms with Gasteiger partial charge in [-0.25, -0.2) is 9.97 Å². The summed E-state index contributed by atoms with van der Waals surface area (Å²) >= 11 is 0. The lowest BCUT2D eigenvalue weighted by Gasteiger charge is -2.21. The third kappa shape index (κ3) is 2.77. The molecular formula is C28H22N2Si. The van der Waals surface area contributed by atoms with Crippen LogP contribution in [-0.4, -0.2) is 18.0 Å². The van der Waals surface area contributed by atoms with Crippen molar-refractivity contribution in [2.75, 3.05) is 0 Å². The molecule has 0 spiro atoms. The monoisotopic (exact) mass is 414 g/mol. The third-order valence-electron chi connectivity index (χ3n) is 6.44. The van der Waals surface area contributed by atoms with Crippen molar-refractivity contribution in [2.24, 2.45) is 0 Å². The van der Waals surface area contributed by atoms with Crippen molar-refractivity contribution < 1.29 is 0 Å². The maximum Gasteiger partial charge on any atom is 0.160 e. The van der Waals surface area contributed by atoms with Gasteiger partial charge in [-0.05, 0) is 32.8 Å². The van der Waals surface area contributed by atoms with Crippen LogP contribution in [0.25, 0.3) is 44.7 Å². The largest absolute Gasteiger partial charge is 0.228 e. The molecule has 1 aliphatic heterocycles. The molecule has 0 fully saturated rings. The molecular weight excluding hydrogens is 392 g/mol. The highest BCUT2D eigenvalue weighted by molar-refractivity contribution is 7.04. The van der Waals surface area contributed by atoms with Gasteiger partial charge in [0, 0.05) is 11.1 Å². The molecule has 0 N–H and O–H groups in total. The number of fused-ring (bicyclic) bond motifs is 4. The summed E-state index contributed by atoms with van der Waals surface area (Å²) in [5, 5.41) is 5.24. The topological polar surface area (TPSA) is 25.8 Å². The highest BCUT2D eigenvalue weighted by Crippen LogP contribution is 2.33. The first-order chi connectivity index (χ1) is 15.1. The van der Waals surface area contributed by atoms with Crippen LogP contribution in [0.5, 0.6) is 0 Å². The van der Waals surface area contributed by atoms with Crippen LogP contribution < -0.4 is 10.4 Å². The Bertz CT molecular complexity index is 1460. The highest BCUT2D eigenvalue weighted by atomic mass is 28.3. The first-order valence-corrected chi connectivity index (χ1v) is 13.7. The minimum absolute atomic E-state index is 0.796. The fourth-order valence-corrected chi connectivity index (χ4v) is 8.11. The number of aromatic nitrogens is 2. The van der Waals surface area contributed by atoms with Gasteiger partial charge in [-0.1, -0.05) is 104 Å². The molecule has 5 aromatic rings. The Kier molecular flexibility index (Phi) is 3.95. The number of benzene rings is 4. The highest BCUT2D eigenvalue weighted by Gasteiger charge is 2.41. The van der Waals surface area contributed by atoms with E-state index in [1.807, 2.05) is 0 Å². The molecule has 1 aliphatic rings. The average molecular weight is 415 g/mol. The molecule has 0 radical (unpaired) electrons. The van der Waals surface area contributed by atoms with Crippen LogP contribution in [0.1, 0.15) is 0 Å². The molecule has 0 unspecified atom stereocenters. The zero-order chi connectivity index (χ0) is 21.0. The molecule has 3 heteroatoms. The van der Waals surface area contributed by atoms with E-state index in [-0.39, 0.29) is 0 Å². The van der Waals surface area contributed by atoms with Gasteiger partial charge in [0.1, 0.15) is 8.07 Å². The van der Waals surface area contributed by atoms with E-state index in [4.69, 9.17) is 9.97 Å². The third-order valence-corrected chi connectivity index (χ3v) is 9.95.